The molecular weight excluding hydrogens is 184 g/mol. The summed E-state index contributed by atoms with van der Waals surface area (Å²) in [5, 5.41) is 0. The second kappa shape index (κ2) is 4.08. The summed E-state index contributed by atoms with van der Waals surface area (Å²) in [6, 6.07) is 0. The van der Waals surface area contributed by atoms with E-state index in [2.05, 4.69) is 48.5 Å². The smallest absolute Gasteiger partial charge is 0.0631 e. The normalized spacial score (nSPS) is 33.4. The molecule has 0 aromatic rings. The van der Waals surface area contributed by atoms with Gasteiger partial charge in [-0.05, 0) is 29.6 Å². The molecule has 15 heavy (non-hydrogen) atoms. The summed E-state index contributed by atoms with van der Waals surface area (Å²) in [5.74, 6) is 0.715. The lowest BCUT2D eigenvalue weighted by Gasteiger charge is -2.30. The van der Waals surface area contributed by atoms with E-state index in [0.29, 0.717) is 23.5 Å². The third kappa shape index (κ3) is 2.96. The van der Waals surface area contributed by atoms with Crippen molar-refractivity contribution in [3.05, 3.63) is 0 Å². The summed E-state index contributed by atoms with van der Waals surface area (Å²) in [5.41, 5.74) is 0.661. The predicted octanol–water partition coefficient (Wildman–Crippen LogP) is 4.26. The Morgan fingerprint density at radius 3 is 1.80 bits per heavy atom. The van der Waals surface area contributed by atoms with Gasteiger partial charge in [-0.3, -0.25) is 0 Å². The largest absolute Gasteiger partial charge is 0.374 e. The van der Waals surface area contributed by atoms with E-state index in [4.69, 9.17) is 4.74 Å². The SMILES string of the molecule is CC[C@H]1O[C@@H](C(C)(C)C)CC1C(C)(C)C. The third-order valence-corrected chi connectivity index (χ3v) is 3.74. The molecule has 1 nitrogen and oxygen atoms in total. The fourth-order valence-corrected chi connectivity index (χ4v) is 2.59. The van der Waals surface area contributed by atoms with Gasteiger partial charge in [0.15, 0.2) is 0 Å². The monoisotopic (exact) mass is 212 g/mol. The van der Waals surface area contributed by atoms with E-state index in [1.165, 1.54) is 6.42 Å². The molecule has 0 aromatic carbocycles. The molecule has 1 fully saturated rings. The highest BCUT2D eigenvalue weighted by molar-refractivity contribution is 4.92. The summed E-state index contributed by atoms with van der Waals surface area (Å²) >= 11 is 0. The van der Waals surface area contributed by atoms with Gasteiger partial charge >= 0.3 is 0 Å². The molecular formula is C14H28O. The Balaban J connectivity index is 2.76. The minimum Gasteiger partial charge on any atom is -0.374 e. The standard InChI is InChI=1S/C14H28O/c1-8-11-10(13(2,3)4)9-12(15-11)14(5,6)7/h10-12H,8-9H2,1-7H3/t10?,11-,12-/m1/s1. The Hall–Kier alpha value is -0.0400. The van der Waals surface area contributed by atoms with Gasteiger partial charge in [-0.1, -0.05) is 48.5 Å². The van der Waals surface area contributed by atoms with Crippen molar-refractivity contribution in [2.75, 3.05) is 0 Å². The average molecular weight is 212 g/mol. The van der Waals surface area contributed by atoms with E-state index in [1.54, 1.807) is 0 Å². The Kier molecular flexibility index (Phi) is 3.55. The summed E-state index contributed by atoms with van der Waals surface area (Å²) in [6.07, 6.45) is 3.28. The molecule has 1 rings (SSSR count). The van der Waals surface area contributed by atoms with Crippen LogP contribution in [0.1, 0.15) is 61.3 Å². The minimum absolute atomic E-state index is 0.285. The second-order valence-corrected chi connectivity index (χ2v) is 7.15. The zero-order valence-electron chi connectivity index (χ0n) is 11.6. The summed E-state index contributed by atoms with van der Waals surface area (Å²) < 4.78 is 6.21. The Morgan fingerprint density at radius 1 is 1.00 bits per heavy atom. The van der Waals surface area contributed by atoms with Gasteiger partial charge in [0.25, 0.3) is 0 Å². The van der Waals surface area contributed by atoms with Gasteiger partial charge in [-0.15, -0.1) is 0 Å². The van der Waals surface area contributed by atoms with Gasteiger partial charge < -0.3 is 4.74 Å². The van der Waals surface area contributed by atoms with E-state index in [9.17, 15) is 0 Å². The number of hydrogen-bond donors (Lipinski definition) is 0. The maximum absolute atomic E-state index is 6.21. The molecule has 0 spiro atoms. The van der Waals surface area contributed by atoms with Crippen LogP contribution in [0.3, 0.4) is 0 Å². The molecule has 0 amide bonds. The lowest BCUT2D eigenvalue weighted by atomic mass is 9.73. The zero-order chi connectivity index (χ0) is 11.9. The van der Waals surface area contributed by atoms with Crippen molar-refractivity contribution in [2.45, 2.75) is 73.5 Å². The van der Waals surface area contributed by atoms with Crippen molar-refractivity contribution in [1.29, 1.82) is 0 Å². The molecule has 0 bridgehead atoms. The van der Waals surface area contributed by atoms with Crippen molar-refractivity contribution < 1.29 is 4.74 Å². The van der Waals surface area contributed by atoms with Gasteiger partial charge in [0.2, 0.25) is 0 Å². The highest BCUT2D eigenvalue weighted by Crippen LogP contribution is 2.45. The summed E-state index contributed by atoms with van der Waals surface area (Å²) in [4.78, 5) is 0. The average Bonchev–Trinajstić information content (AvgIpc) is 2.44. The van der Waals surface area contributed by atoms with Crippen LogP contribution in [0.15, 0.2) is 0 Å². The summed E-state index contributed by atoms with van der Waals surface area (Å²) in [6.45, 7) is 16.1. The van der Waals surface area contributed by atoms with Gasteiger partial charge in [-0.2, -0.15) is 0 Å². The molecule has 90 valence electrons. The maximum atomic E-state index is 6.21. The molecule has 1 heteroatoms. The molecule has 0 saturated carbocycles. The van der Waals surface area contributed by atoms with E-state index in [-0.39, 0.29) is 5.41 Å². The van der Waals surface area contributed by atoms with E-state index >= 15 is 0 Å². The highest BCUT2D eigenvalue weighted by Gasteiger charge is 2.44. The molecule has 1 aliphatic heterocycles. The van der Waals surface area contributed by atoms with Crippen LogP contribution in [0.5, 0.6) is 0 Å². The zero-order valence-corrected chi connectivity index (χ0v) is 11.6. The fourth-order valence-electron chi connectivity index (χ4n) is 2.59. The van der Waals surface area contributed by atoms with E-state index in [1.807, 2.05) is 0 Å². The van der Waals surface area contributed by atoms with Crippen LogP contribution >= 0.6 is 0 Å². The second-order valence-electron chi connectivity index (χ2n) is 7.15. The van der Waals surface area contributed by atoms with Crippen LogP contribution in [0.4, 0.5) is 0 Å². The summed E-state index contributed by atoms with van der Waals surface area (Å²) in [7, 11) is 0. The van der Waals surface area contributed by atoms with Crippen LogP contribution in [0.2, 0.25) is 0 Å². The molecule has 0 aromatic heterocycles. The lowest BCUT2D eigenvalue weighted by molar-refractivity contribution is -0.0284. The lowest BCUT2D eigenvalue weighted by Crippen LogP contribution is -2.27. The van der Waals surface area contributed by atoms with Crippen LogP contribution in [0, 0.1) is 16.7 Å². The van der Waals surface area contributed by atoms with E-state index < -0.39 is 0 Å². The van der Waals surface area contributed by atoms with Crippen molar-refractivity contribution >= 4 is 0 Å². The molecule has 1 unspecified atom stereocenters. The van der Waals surface area contributed by atoms with E-state index in [0.717, 1.165) is 6.42 Å². The number of ether oxygens (including phenoxy) is 1. The molecule has 0 radical (unpaired) electrons. The van der Waals surface area contributed by atoms with Gasteiger partial charge in [0.05, 0.1) is 12.2 Å². The molecule has 3 atom stereocenters. The third-order valence-electron chi connectivity index (χ3n) is 3.74. The van der Waals surface area contributed by atoms with Crippen LogP contribution in [-0.2, 0) is 4.74 Å². The quantitative estimate of drug-likeness (QED) is 0.631. The molecule has 1 heterocycles. The van der Waals surface area contributed by atoms with Crippen molar-refractivity contribution in [2.24, 2.45) is 16.7 Å². The maximum Gasteiger partial charge on any atom is 0.0631 e. The van der Waals surface area contributed by atoms with Crippen LogP contribution < -0.4 is 0 Å². The number of hydrogen-bond acceptors (Lipinski definition) is 1. The fraction of sp³-hybridized carbons (Fsp3) is 1.00. The molecule has 0 N–H and O–H groups in total. The van der Waals surface area contributed by atoms with Gasteiger partial charge in [-0.25, -0.2) is 0 Å². The Morgan fingerprint density at radius 2 is 1.53 bits per heavy atom. The first-order chi connectivity index (χ1) is 6.66. The van der Waals surface area contributed by atoms with Crippen LogP contribution in [-0.4, -0.2) is 12.2 Å². The topological polar surface area (TPSA) is 9.23 Å². The Labute approximate surface area is 95.6 Å². The first-order valence-electron chi connectivity index (χ1n) is 6.31. The first kappa shape index (κ1) is 13.0. The van der Waals surface area contributed by atoms with Crippen molar-refractivity contribution in [3.8, 4) is 0 Å². The highest BCUT2D eigenvalue weighted by atomic mass is 16.5. The van der Waals surface area contributed by atoms with Crippen LogP contribution in [0.25, 0.3) is 0 Å². The minimum atomic E-state index is 0.285. The molecule has 0 aliphatic carbocycles. The van der Waals surface area contributed by atoms with Crippen molar-refractivity contribution in [1.82, 2.24) is 0 Å². The first-order valence-corrected chi connectivity index (χ1v) is 6.31. The Bertz CT molecular complexity index is 206. The van der Waals surface area contributed by atoms with Gasteiger partial charge in [0.1, 0.15) is 0 Å². The van der Waals surface area contributed by atoms with Crippen molar-refractivity contribution in [3.63, 3.8) is 0 Å². The number of rotatable bonds is 1. The van der Waals surface area contributed by atoms with Gasteiger partial charge in [0, 0.05) is 0 Å². The predicted molar refractivity (Wildman–Crippen MR) is 66.0 cm³/mol. The molecule has 1 aliphatic rings. The molecule has 1 saturated heterocycles.